The molecule has 0 aliphatic carbocycles. The zero-order chi connectivity index (χ0) is 14.0. The monoisotopic (exact) mass is 279 g/mol. The number of rotatable bonds is 5. The van der Waals surface area contributed by atoms with Gasteiger partial charge in [-0.25, -0.2) is 4.98 Å². The Hall–Kier alpha value is -1.20. The van der Waals surface area contributed by atoms with Gasteiger partial charge in [0.2, 0.25) is 0 Å². The van der Waals surface area contributed by atoms with Crippen molar-refractivity contribution in [1.82, 2.24) is 14.9 Å². The van der Waals surface area contributed by atoms with Gasteiger partial charge in [-0.05, 0) is 25.1 Å². The van der Waals surface area contributed by atoms with Gasteiger partial charge < -0.3 is 4.98 Å². The van der Waals surface area contributed by atoms with Gasteiger partial charge in [-0.1, -0.05) is 27.7 Å². The quantitative estimate of drug-likeness (QED) is 0.915. The molecule has 0 aliphatic heterocycles. The van der Waals surface area contributed by atoms with Gasteiger partial charge in [0.15, 0.2) is 0 Å². The van der Waals surface area contributed by atoms with Gasteiger partial charge in [0.25, 0.3) is 5.56 Å². The Morgan fingerprint density at radius 2 is 2.05 bits per heavy atom. The second-order valence-corrected chi connectivity index (χ2v) is 6.06. The van der Waals surface area contributed by atoms with Gasteiger partial charge in [0.05, 0.1) is 11.9 Å². The maximum Gasteiger partial charge on any atom is 0.259 e. The summed E-state index contributed by atoms with van der Waals surface area (Å²) in [5.74, 6) is 1.20. The SMILES string of the molecule is CCN(CC)Cc1nc2sc(C(C)C)cc2c(=O)[nH]1. The van der Waals surface area contributed by atoms with Crippen LogP contribution < -0.4 is 5.56 Å². The van der Waals surface area contributed by atoms with Crippen LogP contribution in [0.3, 0.4) is 0 Å². The van der Waals surface area contributed by atoms with E-state index in [-0.39, 0.29) is 5.56 Å². The molecule has 2 aromatic heterocycles. The van der Waals surface area contributed by atoms with Crippen LogP contribution in [-0.2, 0) is 6.54 Å². The third-order valence-electron chi connectivity index (χ3n) is 3.31. The van der Waals surface area contributed by atoms with Crippen molar-refractivity contribution in [3.63, 3.8) is 0 Å². The molecule has 2 aromatic rings. The lowest BCUT2D eigenvalue weighted by Gasteiger charge is -2.16. The van der Waals surface area contributed by atoms with Gasteiger partial charge in [-0.3, -0.25) is 9.69 Å². The van der Waals surface area contributed by atoms with Crippen molar-refractivity contribution in [3.8, 4) is 0 Å². The maximum absolute atomic E-state index is 12.1. The van der Waals surface area contributed by atoms with Crippen LogP contribution in [0.4, 0.5) is 0 Å². The molecule has 0 saturated carbocycles. The highest BCUT2D eigenvalue weighted by Crippen LogP contribution is 2.27. The molecule has 0 atom stereocenters. The number of fused-ring (bicyclic) bond motifs is 1. The van der Waals surface area contributed by atoms with E-state index in [1.807, 2.05) is 6.07 Å². The van der Waals surface area contributed by atoms with E-state index in [0.29, 0.717) is 12.5 Å². The normalized spacial score (nSPS) is 11.9. The van der Waals surface area contributed by atoms with E-state index in [0.717, 1.165) is 29.1 Å². The zero-order valence-electron chi connectivity index (χ0n) is 12.0. The summed E-state index contributed by atoms with van der Waals surface area (Å²) in [7, 11) is 0. The smallest absolute Gasteiger partial charge is 0.259 e. The van der Waals surface area contributed by atoms with Crippen molar-refractivity contribution in [1.29, 1.82) is 0 Å². The maximum atomic E-state index is 12.1. The molecule has 1 N–H and O–H groups in total. The number of nitrogens with one attached hydrogen (secondary N) is 1. The predicted octanol–water partition coefficient (Wildman–Crippen LogP) is 2.95. The van der Waals surface area contributed by atoms with Crippen molar-refractivity contribution in [2.24, 2.45) is 0 Å². The topological polar surface area (TPSA) is 49.0 Å². The molecular formula is C14H21N3OS. The first-order valence-corrected chi connectivity index (χ1v) is 7.61. The van der Waals surface area contributed by atoms with Gasteiger partial charge in [0, 0.05) is 4.88 Å². The molecule has 0 bridgehead atoms. The van der Waals surface area contributed by atoms with Crippen molar-refractivity contribution < 1.29 is 0 Å². The van der Waals surface area contributed by atoms with E-state index in [9.17, 15) is 4.79 Å². The van der Waals surface area contributed by atoms with Gasteiger partial charge in [0.1, 0.15) is 10.7 Å². The summed E-state index contributed by atoms with van der Waals surface area (Å²) in [5, 5.41) is 0.719. The first kappa shape index (κ1) is 14.2. The third kappa shape index (κ3) is 3.04. The average molecular weight is 279 g/mol. The van der Waals surface area contributed by atoms with E-state index in [2.05, 4.69) is 42.6 Å². The Kier molecular flexibility index (Phi) is 4.37. The Morgan fingerprint density at radius 1 is 1.37 bits per heavy atom. The van der Waals surface area contributed by atoms with Gasteiger partial charge in [-0.15, -0.1) is 11.3 Å². The number of thiophene rings is 1. The first-order valence-electron chi connectivity index (χ1n) is 6.80. The van der Waals surface area contributed by atoms with Gasteiger partial charge >= 0.3 is 0 Å². The molecule has 2 heterocycles. The minimum atomic E-state index is -0.0182. The predicted molar refractivity (Wildman–Crippen MR) is 81.0 cm³/mol. The fourth-order valence-corrected chi connectivity index (χ4v) is 3.07. The summed E-state index contributed by atoms with van der Waals surface area (Å²) < 4.78 is 0. The number of hydrogen-bond acceptors (Lipinski definition) is 4. The Balaban J connectivity index is 2.40. The summed E-state index contributed by atoms with van der Waals surface area (Å²) in [6, 6.07) is 1.97. The van der Waals surface area contributed by atoms with Crippen LogP contribution in [0.2, 0.25) is 0 Å². The van der Waals surface area contributed by atoms with Crippen LogP contribution in [0.1, 0.15) is 44.3 Å². The van der Waals surface area contributed by atoms with Crippen LogP contribution >= 0.6 is 11.3 Å². The fraction of sp³-hybridized carbons (Fsp3) is 0.571. The largest absolute Gasteiger partial charge is 0.309 e. The molecule has 0 amide bonds. The van der Waals surface area contributed by atoms with Crippen molar-refractivity contribution in [2.75, 3.05) is 13.1 Å². The van der Waals surface area contributed by atoms with Crippen LogP contribution in [0, 0.1) is 0 Å². The Bertz CT molecular complexity index is 611. The minimum absolute atomic E-state index is 0.0182. The van der Waals surface area contributed by atoms with E-state index in [1.54, 1.807) is 11.3 Å². The molecule has 0 unspecified atom stereocenters. The summed E-state index contributed by atoms with van der Waals surface area (Å²) in [4.78, 5) is 23.9. The highest BCUT2D eigenvalue weighted by atomic mass is 32.1. The number of nitrogens with zero attached hydrogens (tertiary/aromatic N) is 2. The molecule has 19 heavy (non-hydrogen) atoms. The molecule has 0 fully saturated rings. The van der Waals surface area contributed by atoms with E-state index in [4.69, 9.17) is 0 Å². The Morgan fingerprint density at radius 3 is 2.63 bits per heavy atom. The number of aromatic nitrogens is 2. The van der Waals surface area contributed by atoms with Crippen LogP contribution in [0.25, 0.3) is 10.2 Å². The van der Waals surface area contributed by atoms with Crippen molar-refractivity contribution in [3.05, 3.63) is 27.1 Å². The van der Waals surface area contributed by atoms with Crippen molar-refractivity contribution in [2.45, 2.75) is 40.2 Å². The summed E-state index contributed by atoms with van der Waals surface area (Å²) in [5.41, 5.74) is -0.0182. The first-order chi connectivity index (χ1) is 9.05. The number of H-pyrrole nitrogens is 1. The summed E-state index contributed by atoms with van der Waals surface area (Å²) >= 11 is 1.63. The Labute approximate surface area is 117 Å². The fourth-order valence-electron chi connectivity index (χ4n) is 2.01. The lowest BCUT2D eigenvalue weighted by molar-refractivity contribution is 0.288. The lowest BCUT2D eigenvalue weighted by Crippen LogP contribution is -2.25. The minimum Gasteiger partial charge on any atom is -0.309 e. The molecule has 0 radical (unpaired) electrons. The molecule has 0 aliphatic rings. The third-order valence-corrected chi connectivity index (χ3v) is 4.64. The molecule has 104 valence electrons. The van der Waals surface area contributed by atoms with Crippen LogP contribution in [0.5, 0.6) is 0 Å². The standard InChI is InChI=1S/C14H21N3OS/c1-5-17(6-2)8-12-15-13(18)10-7-11(9(3)4)19-14(10)16-12/h7,9H,5-6,8H2,1-4H3,(H,15,16,18). The number of aromatic amines is 1. The highest BCUT2D eigenvalue weighted by Gasteiger charge is 2.12. The molecule has 2 rings (SSSR count). The second-order valence-electron chi connectivity index (χ2n) is 5.00. The highest BCUT2D eigenvalue weighted by molar-refractivity contribution is 7.18. The van der Waals surface area contributed by atoms with Crippen molar-refractivity contribution >= 4 is 21.6 Å². The molecule has 4 nitrogen and oxygen atoms in total. The molecule has 0 spiro atoms. The molecule has 5 heteroatoms. The molecule has 0 saturated heterocycles. The zero-order valence-corrected chi connectivity index (χ0v) is 12.8. The van der Waals surface area contributed by atoms with Crippen LogP contribution in [0.15, 0.2) is 10.9 Å². The molecular weight excluding hydrogens is 258 g/mol. The lowest BCUT2D eigenvalue weighted by atomic mass is 10.2. The number of hydrogen-bond donors (Lipinski definition) is 1. The van der Waals surface area contributed by atoms with Crippen LogP contribution in [-0.4, -0.2) is 28.0 Å². The van der Waals surface area contributed by atoms with E-state index < -0.39 is 0 Å². The van der Waals surface area contributed by atoms with E-state index in [1.165, 1.54) is 4.88 Å². The molecule has 0 aromatic carbocycles. The summed E-state index contributed by atoms with van der Waals surface area (Å²) in [6.45, 7) is 11.1. The van der Waals surface area contributed by atoms with E-state index >= 15 is 0 Å². The summed E-state index contributed by atoms with van der Waals surface area (Å²) in [6.07, 6.45) is 0. The second kappa shape index (κ2) is 5.84. The average Bonchev–Trinajstić information content (AvgIpc) is 2.80. The van der Waals surface area contributed by atoms with Gasteiger partial charge in [-0.2, -0.15) is 0 Å².